The highest BCUT2D eigenvalue weighted by Gasteiger charge is 2.40. The number of aromatic nitrogens is 4. The lowest BCUT2D eigenvalue weighted by Crippen LogP contribution is -2.20. The van der Waals surface area contributed by atoms with E-state index in [0.29, 0.717) is 30.1 Å². The van der Waals surface area contributed by atoms with Crippen LogP contribution in [0.25, 0.3) is 22.0 Å². The maximum absolute atomic E-state index is 12.2. The van der Waals surface area contributed by atoms with Crippen molar-refractivity contribution in [3.05, 3.63) is 82.8 Å². The molecule has 162 valence electrons. The van der Waals surface area contributed by atoms with Crippen LogP contribution < -0.4 is 10.3 Å². The van der Waals surface area contributed by atoms with E-state index >= 15 is 0 Å². The summed E-state index contributed by atoms with van der Waals surface area (Å²) in [6.45, 7) is 6.40. The minimum absolute atomic E-state index is 0.0250. The predicted molar refractivity (Wildman–Crippen MR) is 125 cm³/mol. The lowest BCUT2D eigenvalue weighted by molar-refractivity contribution is 0.285. The molecule has 6 heteroatoms. The van der Waals surface area contributed by atoms with Crippen molar-refractivity contribution in [2.75, 3.05) is 6.61 Å². The Kier molecular flexibility index (Phi) is 5.21. The van der Waals surface area contributed by atoms with Crippen LogP contribution in [0.15, 0.2) is 65.7 Å². The fraction of sp³-hybridized carbons (Fsp3) is 0.308. The molecule has 1 aromatic carbocycles. The van der Waals surface area contributed by atoms with Crippen LogP contribution in [0.2, 0.25) is 0 Å². The van der Waals surface area contributed by atoms with E-state index in [1.807, 2.05) is 39.1 Å². The van der Waals surface area contributed by atoms with E-state index in [0.717, 1.165) is 34.1 Å². The van der Waals surface area contributed by atoms with Gasteiger partial charge < -0.3 is 9.30 Å². The van der Waals surface area contributed by atoms with Gasteiger partial charge in [-0.05, 0) is 45.4 Å². The van der Waals surface area contributed by atoms with Crippen LogP contribution in [-0.4, -0.2) is 26.1 Å². The monoisotopic (exact) mass is 426 g/mol. The summed E-state index contributed by atoms with van der Waals surface area (Å²) >= 11 is 0. The third-order valence-corrected chi connectivity index (χ3v) is 6.04. The fourth-order valence-corrected chi connectivity index (χ4v) is 4.09. The molecule has 0 aliphatic heterocycles. The largest absolute Gasteiger partial charge is 0.477 e. The fourth-order valence-electron chi connectivity index (χ4n) is 4.09. The van der Waals surface area contributed by atoms with Gasteiger partial charge in [-0.25, -0.2) is 4.98 Å². The number of ether oxygens (including phenoxy) is 1. The number of rotatable bonds is 6. The molecule has 4 aromatic rings. The zero-order valence-electron chi connectivity index (χ0n) is 18.5. The van der Waals surface area contributed by atoms with E-state index in [1.54, 1.807) is 22.9 Å². The summed E-state index contributed by atoms with van der Waals surface area (Å²) in [5.74, 6) is 2.04. The Morgan fingerprint density at radius 2 is 1.94 bits per heavy atom. The number of pyridine rings is 2. The average molecular weight is 427 g/mol. The molecule has 3 aromatic heterocycles. The second-order valence-corrected chi connectivity index (χ2v) is 8.74. The summed E-state index contributed by atoms with van der Waals surface area (Å²) in [6, 6.07) is 15.9. The first kappa shape index (κ1) is 20.4. The molecular formula is C26H26N4O2. The lowest BCUT2D eigenvalue weighted by atomic mass is 10.1. The highest BCUT2D eigenvalue weighted by molar-refractivity contribution is 5.78. The van der Waals surface area contributed by atoms with Crippen LogP contribution in [0.4, 0.5) is 0 Å². The average Bonchev–Trinajstić information content (AvgIpc) is 3.57. The molecule has 0 N–H and O–H groups in total. The van der Waals surface area contributed by atoms with Crippen molar-refractivity contribution in [1.82, 2.24) is 19.5 Å². The highest BCUT2D eigenvalue weighted by atomic mass is 16.5. The molecule has 32 heavy (non-hydrogen) atoms. The topological polar surface area (TPSA) is 69.9 Å². The summed E-state index contributed by atoms with van der Waals surface area (Å²) in [7, 11) is 0. The Morgan fingerprint density at radius 1 is 1.09 bits per heavy atom. The van der Waals surface area contributed by atoms with Gasteiger partial charge in [-0.2, -0.15) is 4.98 Å². The van der Waals surface area contributed by atoms with Gasteiger partial charge in [0.25, 0.3) is 5.56 Å². The number of benzene rings is 1. The molecule has 1 saturated carbocycles. The molecule has 5 rings (SSSR count). The number of nitrogens with zero attached hydrogens (tertiary/aromatic N) is 4. The molecule has 0 radical (unpaired) electrons. The summed E-state index contributed by atoms with van der Waals surface area (Å²) in [5, 5.41) is 1.16. The van der Waals surface area contributed by atoms with Crippen molar-refractivity contribution in [2.45, 2.75) is 39.2 Å². The summed E-state index contributed by atoms with van der Waals surface area (Å²) in [4.78, 5) is 25.9. The first-order chi connectivity index (χ1) is 15.5. The van der Waals surface area contributed by atoms with Gasteiger partial charge in [-0.1, -0.05) is 24.3 Å². The predicted octanol–water partition coefficient (Wildman–Crippen LogP) is 4.93. The van der Waals surface area contributed by atoms with Crippen LogP contribution in [-0.2, 0) is 0 Å². The van der Waals surface area contributed by atoms with Crippen molar-refractivity contribution in [3.8, 4) is 17.0 Å². The minimum Gasteiger partial charge on any atom is -0.477 e. The molecule has 1 fully saturated rings. The van der Waals surface area contributed by atoms with Gasteiger partial charge in [0.1, 0.15) is 5.82 Å². The van der Waals surface area contributed by atoms with Crippen molar-refractivity contribution in [2.24, 2.45) is 5.92 Å². The standard InChI is InChI=1S/C26H26N4O2/c1-16(2)30-14-19(9-11-25(30)31)22-13-27-17(3)28-26(22)32-15-20-12-21(20)24-10-8-18-6-4-5-7-23(18)29-24/h4-11,13-14,16,20-21H,12,15H2,1-3H3/t20-,21+/m1/s1. The Labute approximate surface area is 187 Å². The van der Waals surface area contributed by atoms with Crippen molar-refractivity contribution < 1.29 is 4.74 Å². The molecule has 6 nitrogen and oxygen atoms in total. The van der Waals surface area contributed by atoms with Crippen molar-refractivity contribution in [3.63, 3.8) is 0 Å². The van der Waals surface area contributed by atoms with Gasteiger partial charge in [0.2, 0.25) is 5.88 Å². The zero-order valence-corrected chi connectivity index (χ0v) is 18.5. The summed E-state index contributed by atoms with van der Waals surface area (Å²) in [5.41, 5.74) is 3.80. The molecule has 0 unspecified atom stereocenters. The van der Waals surface area contributed by atoms with Crippen LogP contribution >= 0.6 is 0 Å². The van der Waals surface area contributed by atoms with Crippen LogP contribution in [0.5, 0.6) is 5.88 Å². The van der Waals surface area contributed by atoms with Crippen LogP contribution in [0.1, 0.15) is 43.7 Å². The molecule has 3 heterocycles. The summed E-state index contributed by atoms with van der Waals surface area (Å²) < 4.78 is 7.91. The highest BCUT2D eigenvalue weighted by Crippen LogP contribution is 2.47. The van der Waals surface area contributed by atoms with Gasteiger partial charge in [0, 0.05) is 53.0 Å². The van der Waals surface area contributed by atoms with E-state index in [9.17, 15) is 4.79 Å². The molecule has 1 aliphatic rings. The van der Waals surface area contributed by atoms with Crippen molar-refractivity contribution in [1.29, 1.82) is 0 Å². The first-order valence-corrected chi connectivity index (χ1v) is 11.0. The second-order valence-electron chi connectivity index (χ2n) is 8.74. The first-order valence-electron chi connectivity index (χ1n) is 11.0. The van der Waals surface area contributed by atoms with E-state index < -0.39 is 0 Å². The number of hydrogen-bond donors (Lipinski definition) is 0. The molecule has 2 atom stereocenters. The quantitative estimate of drug-likeness (QED) is 0.437. The molecular weight excluding hydrogens is 400 g/mol. The van der Waals surface area contributed by atoms with E-state index in [4.69, 9.17) is 9.72 Å². The molecule has 0 spiro atoms. The normalized spacial score (nSPS) is 17.6. The third-order valence-electron chi connectivity index (χ3n) is 6.04. The van der Waals surface area contributed by atoms with Crippen LogP contribution in [0, 0.1) is 12.8 Å². The van der Waals surface area contributed by atoms with Crippen LogP contribution in [0.3, 0.4) is 0 Å². The molecule has 1 aliphatic carbocycles. The molecule has 0 saturated heterocycles. The third kappa shape index (κ3) is 4.00. The lowest BCUT2D eigenvalue weighted by Gasteiger charge is -2.14. The van der Waals surface area contributed by atoms with E-state index in [1.165, 1.54) is 0 Å². The Morgan fingerprint density at radius 3 is 2.78 bits per heavy atom. The van der Waals surface area contributed by atoms with Gasteiger partial charge in [-0.15, -0.1) is 0 Å². The second kappa shape index (κ2) is 8.19. The maximum Gasteiger partial charge on any atom is 0.250 e. The number of aryl methyl sites for hydroxylation is 1. The zero-order chi connectivity index (χ0) is 22.2. The van der Waals surface area contributed by atoms with Gasteiger partial charge in [-0.3, -0.25) is 9.78 Å². The van der Waals surface area contributed by atoms with Gasteiger partial charge >= 0.3 is 0 Å². The SMILES string of the molecule is Cc1ncc(-c2ccc(=O)n(C(C)C)c2)c(OC[C@H]2C[C@@H]2c2ccc3ccccc3n2)n1. The maximum atomic E-state index is 12.2. The Balaban J connectivity index is 1.35. The Bertz CT molecular complexity index is 1350. The number of para-hydroxylation sites is 1. The minimum atomic E-state index is -0.0250. The Hall–Kier alpha value is -3.54. The van der Waals surface area contributed by atoms with Gasteiger partial charge in [0.15, 0.2) is 0 Å². The smallest absolute Gasteiger partial charge is 0.250 e. The number of hydrogen-bond acceptors (Lipinski definition) is 5. The van der Waals surface area contributed by atoms with Gasteiger partial charge in [0.05, 0.1) is 17.7 Å². The van der Waals surface area contributed by atoms with E-state index in [-0.39, 0.29) is 11.6 Å². The molecule has 0 amide bonds. The summed E-state index contributed by atoms with van der Waals surface area (Å²) in [6.07, 6.45) is 4.69. The van der Waals surface area contributed by atoms with Crippen molar-refractivity contribution >= 4 is 10.9 Å². The van der Waals surface area contributed by atoms with E-state index in [2.05, 4.69) is 34.2 Å². The molecule has 0 bridgehead atoms. The number of fused-ring (bicyclic) bond motifs is 1.